The summed E-state index contributed by atoms with van der Waals surface area (Å²) in [6.45, 7) is 0.859. The first-order chi connectivity index (χ1) is 14.3. The van der Waals surface area contributed by atoms with Crippen molar-refractivity contribution in [2.45, 2.75) is 0 Å². The summed E-state index contributed by atoms with van der Waals surface area (Å²) in [4.78, 5) is 1.27. The molecule has 1 aliphatic heterocycles. The van der Waals surface area contributed by atoms with E-state index >= 15 is 0 Å². The van der Waals surface area contributed by atoms with E-state index in [1.165, 1.54) is 37.7 Å². The van der Waals surface area contributed by atoms with Crippen molar-refractivity contribution >= 4 is 28.0 Å². The molecular weight excluding hydrogens is 374 g/mol. The van der Waals surface area contributed by atoms with Crippen LogP contribution in [0.2, 0.25) is 0 Å². The molecule has 2 nitrogen and oxygen atoms in total. The number of hydrogen-bond acceptors (Lipinski definition) is 3. The van der Waals surface area contributed by atoms with Crippen molar-refractivity contribution in [3.63, 3.8) is 0 Å². The summed E-state index contributed by atoms with van der Waals surface area (Å²) in [6.07, 6.45) is 2.31. The molecule has 1 aliphatic rings. The summed E-state index contributed by atoms with van der Waals surface area (Å²) in [7, 11) is 1.72. The third-order valence-corrected chi connectivity index (χ3v) is 6.40. The lowest BCUT2D eigenvalue weighted by Crippen LogP contribution is -2.07. The van der Waals surface area contributed by atoms with Crippen LogP contribution in [0.5, 0.6) is 5.75 Å². The Morgan fingerprint density at radius 3 is 2.41 bits per heavy atom. The molecule has 5 rings (SSSR count). The Hall–Kier alpha value is -3.30. The lowest BCUT2D eigenvalue weighted by molar-refractivity contribution is 0.416. The third kappa shape index (κ3) is 3.45. The van der Waals surface area contributed by atoms with Crippen molar-refractivity contribution < 1.29 is 4.74 Å². The minimum absolute atomic E-state index is 0.859. The van der Waals surface area contributed by atoms with Gasteiger partial charge in [-0.15, -0.1) is 11.3 Å². The first kappa shape index (κ1) is 17.8. The lowest BCUT2D eigenvalue weighted by Gasteiger charge is -2.15. The predicted octanol–water partition coefficient (Wildman–Crippen LogP) is 7.06. The van der Waals surface area contributed by atoms with Crippen LogP contribution >= 0.6 is 11.3 Å². The minimum Gasteiger partial charge on any atom is -0.496 e. The quantitative estimate of drug-likeness (QED) is 0.399. The van der Waals surface area contributed by atoms with Gasteiger partial charge in [0.1, 0.15) is 5.75 Å². The molecule has 0 saturated carbocycles. The highest BCUT2D eigenvalue weighted by Crippen LogP contribution is 2.41. The Bertz CT molecular complexity index is 1190. The standard InChI is InChI=1S/C26H21NOS/c1-28-24-13-6-5-12-23(24)19-10-7-11-20(14-19)25-16-21-15-22(17-27-26(21)29-25)18-8-3-2-4-9-18/h2-16,27H,17H2,1H3. The molecule has 0 bridgehead atoms. The molecule has 29 heavy (non-hydrogen) atoms. The number of thiophene rings is 1. The van der Waals surface area contributed by atoms with E-state index in [-0.39, 0.29) is 0 Å². The molecule has 3 aromatic carbocycles. The van der Waals surface area contributed by atoms with E-state index in [2.05, 4.69) is 78.1 Å². The van der Waals surface area contributed by atoms with E-state index in [1.54, 1.807) is 7.11 Å². The second-order valence-electron chi connectivity index (χ2n) is 7.07. The van der Waals surface area contributed by atoms with Gasteiger partial charge in [0, 0.05) is 22.5 Å². The molecule has 0 radical (unpaired) electrons. The molecule has 0 fully saturated rings. The highest BCUT2D eigenvalue weighted by molar-refractivity contribution is 7.19. The fraction of sp³-hybridized carbons (Fsp3) is 0.0769. The summed E-state index contributed by atoms with van der Waals surface area (Å²) in [6, 6.07) is 29.7. The smallest absolute Gasteiger partial charge is 0.126 e. The molecule has 0 spiro atoms. The average Bonchev–Trinajstić information content (AvgIpc) is 3.23. The molecular formula is C26H21NOS. The van der Waals surface area contributed by atoms with E-state index in [0.29, 0.717) is 0 Å². The van der Waals surface area contributed by atoms with Crippen LogP contribution in [0, 0.1) is 0 Å². The van der Waals surface area contributed by atoms with Gasteiger partial charge >= 0.3 is 0 Å². The van der Waals surface area contributed by atoms with Crippen molar-refractivity contribution in [1.82, 2.24) is 0 Å². The van der Waals surface area contributed by atoms with Gasteiger partial charge in [0.25, 0.3) is 0 Å². The molecule has 2 heterocycles. The van der Waals surface area contributed by atoms with Crippen LogP contribution in [0.3, 0.4) is 0 Å². The van der Waals surface area contributed by atoms with E-state index in [9.17, 15) is 0 Å². The Balaban J connectivity index is 1.51. The van der Waals surface area contributed by atoms with Crippen LogP contribution in [0.1, 0.15) is 11.1 Å². The number of para-hydroxylation sites is 1. The van der Waals surface area contributed by atoms with Crippen molar-refractivity contribution in [2.24, 2.45) is 0 Å². The van der Waals surface area contributed by atoms with Gasteiger partial charge in [-0.2, -0.15) is 0 Å². The monoisotopic (exact) mass is 395 g/mol. The van der Waals surface area contributed by atoms with Gasteiger partial charge in [-0.1, -0.05) is 66.7 Å². The van der Waals surface area contributed by atoms with Gasteiger partial charge < -0.3 is 10.1 Å². The number of nitrogens with one attached hydrogen (secondary N) is 1. The molecule has 4 aromatic rings. The molecule has 3 heteroatoms. The summed E-state index contributed by atoms with van der Waals surface area (Å²) in [5.41, 5.74) is 7.37. The van der Waals surface area contributed by atoms with Gasteiger partial charge in [0.15, 0.2) is 0 Å². The lowest BCUT2D eigenvalue weighted by atomic mass is 10.00. The van der Waals surface area contributed by atoms with Crippen LogP contribution in [-0.2, 0) is 0 Å². The molecule has 1 aromatic heterocycles. The third-order valence-electron chi connectivity index (χ3n) is 5.24. The van der Waals surface area contributed by atoms with Gasteiger partial charge in [-0.05, 0) is 46.5 Å². The fourth-order valence-electron chi connectivity index (χ4n) is 3.77. The summed E-state index contributed by atoms with van der Waals surface area (Å²) >= 11 is 1.81. The van der Waals surface area contributed by atoms with E-state index in [0.717, 1.165) is 17.9 Å². The number of fused-ring (bicyclic) bond motifs is 1. The van der Waals surface area contributed by atoms with Crippen LogP contribution in [0.25, 0.3) is 33.2 Å². The van der Waals surface area contributed by atoms with Crippen molar-refractivity contribution in [3.05, 3.63) is 96.1 Å². The SMILES string of the molecule is COc1ccccc1-c1cccc(-c2cc3c(s2)NCC(c2ccccc2)=C3)c1. The highest BCUT2D eigenvalue weighted by atomic mass is 32.1. The summed E-state index contributed by atoms with van der Waals surface area (Å²) < 4.78 is 5.55. The Kier molecular flexibility index (Phi) is 4.66. The second kappa shape index (κ2) is 7.61. The number of rotatable bonds is 4. The van der Waals surface area contributed by atoms with Crippen molar-refractivity contribution in [2.75, 3.05) is 19.0 Å². The number of hydrogen-bond donors (Lipinski definition) is 1. The zero-order valence-corrected chi connectivity index (χ0v) is 17.0. The molecule has 142 valence electrons. The second-order valence-corrected chi connectivity index (χ2v) is 8.12. The molecule has 0 aliphatic carbocycles. The highest BCUT2D eigenvalue weighted by Gasteiger charge is 2.16. The molecule has 0 atom stereocenters. The maximum absolute atomic E-state index is 5.55. The van der Waals surface area contributed by atoms with Crippen molar-refractivity contribution in [1.29, 1.82) is 0 Å². The van der Waals surface area contributed by atoms with E-state index in [4.69, 9.17) is 4.74 Å². The van der Waals surface area contributed by atoms with E-state index < -0.39 is 0 Å². The number of ether oxygens (including phenoxy) is 1. The largest absolute Gasteiger partial charge is 0.496 e. The topological polar surface area (TPSA) is 21.3 Å². The number of anilines is 1. The van der Waals surface area contributed by atoms with Crippen LogP contribution in [0.4, 0.5) is 5.00 Å². The van der Waals surface area contributed by atoms with Gasteiger partial charge in [0.05, 0.1) is 12.1 Å². The van der Waals surface area contributed by atoms with Crippen LogP contribution in [0.15, 0.2) is 84.9 Å². The zero-order chi connectivity index (χ0) is 19.6. The van der Waals surface area contributed by atoms with Crippen molar-refractivity contribution in [3.8, 4) is 27.3 Å². The number of benzene rings is 3. The molecule has 0 saturated heterocycles. The Labute approximate surface area is 175 Å². The Morgan fingerprint density at radius 1 is 0.793 bits per heavy atom. The van der Waals surface area contributed by atoms with Crippen LogP contribution in [-0.4, -0.2) is 13.7 Å². The van der Waals surface area contributed by atoms with Gasteiger partial charge in [0.2, 0.25) is 0 Å². The maximum atomic E-state index is 5.55. The molecule has 1 N–H and O–H groups in total. The minimum atomic E-state index is 0.859. The Morgan fingerprint density at radius 2 is 1.55 bits per heavy atom. The predicted molar refractivity (Wildman–Crippen MR) is 125 cm³/mol. The van der Waals surface area contributed by atoms with Gasteiger partial charge in [-0.25, -0.2) is 0 Å². The zero-order valence-electron chi connectivity index (χ0n) is 16.2. The first-order valence-corrected chi connectivity index (χ1v) is 10.5. The number of methoxy groups -OCH3 is 1. The summed E-state index contributed by atoms with van der Waals surface area (Å²) in [5.74, 6) is 0.896. The first-order valence-electron chi connectivity index (χ1n) is 9.69. The maximum Gasteiger partial charge on any atom is 0.126 e. The van der Waals surface area contributed by atoms with Gasteiger partial charge in [-0.3, -0.25) is 0 Å². The van der Waals surface area contributed by atoms with E-state index in [1.807, 2.05) is 29.5 Å². The normalized spacial score (nSPS) is 12.7. The fourth-order valence-corrected chi connectivity index (χ4v) is 4.80. The van der Waals surface area contributed by atoms with Crippen LogP contribution < -0.4 is 10.1 Å². The summed E-state index contributed by atoms with van der Waals surface area (Å²) in [5, 5.41) is 4.83. The average molecular weight is 396 g/mol. The molecule has 0 amide bonds. The molecule has 0 unspecified atom stereocenters.